The predicted molar refractivity (Wildman–Crippen MR) is 136 cm³/mol. The fourth-order valence-electron chi connectivity index (χ4n) is 3.55. The zero-order valence-electron chi connectivity index (χ0n) is 20.2. The minimum atomic E-state index is 0.914. The fourth-order valence-corrected chi connectivity index (χ4v) is 3.55. The smallest absolute Gasteiger partial charge is 0.0420 e. The first kappa shape index (κ1) is 25.1. The molecule has 0 saturated carbocycles. The van der Waals surface area contributed by atoms with Crippen molar-refractivity contribution in [2.24, 2.45) is 0 Å². The molecule has 0 bridgehead atoms. The number of aryl methyl sites for hydroxylation is 6. The van der Waals surface area contributed by atoms with E-state index in [0.717, 1.165) is 16.8 Å². The number of hydrogen-bond donors (Lipinski definition) is 2. The first-order valence-electron chi connectivity index (χ1n) is 10.4. The van der Waals surface area contributed by atoms with Crippen molar-refractivity contribution in [2.75, 3.05) is 37.1 Å². The summed E-state index contributed by atoms with van der Waals surface area (Å²) in [6.45, 7) is 12.5. The van der Waals surface area contributed by atoms with Gasteiger partial charge in [0.15, 0.2) is 0 Å². The standard InChI is InChI=1S/C10H15N.C9H13N.C8H11N/c1-8-6-5-7-9(2)10(8)11(3)4;1-7-5-4-6-8(2)9(7)10-3;1-6-4-3-5-7(2)8(6)9/h5-7H,1-4H3;4-6,10H,1-3H3;3-5H,9H2,1-2H3. The highest BCUT2D eigenvalue weighted by atomic mass is 15.1. The lowest BCUT2D eigenvalue weighted by Crippen LogP contribution is -2.11. The average molecular weight is 406 g/mol. The van der Waals surface area contributed by atoms with Crippen molar-refractivity contribution < 1.29 is 0 Å². The van der Waals surface area contributed by atoms with Gasteiger partial charge in [0, 0.05) is 38.2 Å². The van der Waals surface area contributed by atoms with Gasteiger partial charge < -0.3 is 16.0 Å². The molecule has 0 saturated heterocycles. The van der Waals surface area contributed by atoms with Crippen LogP contribution in [0, 0.1) is 41.5 Å². The van der Waals surface area contributed by atoms with Gasteiger partial charge >= 0.3 is 0 Å². The van der Waals surface area contributed by atoms with Gasteiger partial charge in [-0.25, -0.2) is 0 Å². The Bertz CT molecular complexity index is 882. The van der Waals surface area contributed by atoms with Crippen LogP contribution in [0.4, 0.5) is 17.1 Å². The minimum Gasteiger partial charge on any atom is -0.398 e. The summed E-state index contributed by atoms with van der Waals surface area (Å²) in [5.41, 5.74) is 16.8. The van der Waals surface area contributed by atoms with E-state index in [1.807, 2.05) is 39.1 Å². The van der Waals surface area contributed by atoms with E-state index in [9.17, 15) is 0 Å². The third kappa shape index (κ3) is 7.14. The van der Waals surface area contributed by atoms with E-state index in [2.05, 4.69) is 88.4 Å². The van der Waals surface area contributed by atoms with Gasteiger partial charge in [-0.3, -0.25) is 0 Å². The molecule has 0 radical (unpaired) electrons. The molecule has 3 nitrogen and oxygen atoms in total. The maximum Gasteiger partial charge on any atom is 0.0420 e. The number of nitrogen functional groups attached to an aromatic ring is 1. The summed E-state index contributed by atoms with van der Waals surface area (Å²) >= 11 is 0. The minimum absolute atomic E-state index is 0.914. The van der Waals surface area contributed by atoms with Crippen molar-refractivity contribution >= 4 is 17.1 Å². The maximum absolute atomic E-state index is 5.68. The molecule has 0 atom stereocenters. The molecule has 0 aliphatic carbocycles. The molecule has 0 aliphatic rings. The van der Waals surface area contributed by atoms with Gasteiger partial charge in [0.1, 0.15) is 0 Å². The first-order valence-corrected chi connectivity index (χ1v) is 10.4. The van der Waals surface area contributed by atoms with Crippen molar-refractivity contribution in [3.63, 3.8) is 0 Å². The molecule has 0 aromatic heterocycles. The number of nitrogens with one attached hydrogen (secondary N) is 1. The summed E-state index contributed by atoms with van der Waals surface area (Å²) in [5.74, 6) is 0. The highest BCUT2D eigenvalue weighted by Gasteiger charge is 2.01. The van der Waals surface area contributed by atoms with E-state index in [1.165, 1.54) is 33.6 Å². The fraction of sp³-hybridized carbons (Fsp3) is 0.333. The van der Waals surface area contributed by atoms with E-state index in [0.29, 0.717) is 0 Å². The van der Waals surface area contributed by atoms with Crippen LogP contribution in [0.15, 0.2) is 54.6 Å². The van der Waals surface area contributed by atoms with Crippen LogP contribution in [-0.4, -0.2) is 21.1 Å². The Morgan fingerprint density at radius 1 is 0.600 bits per heavy atom. The second kappa shape index (κ2) is 11.9. The number of rotatable bonds is 2. The lowest BCUT2D eigenvalue weighted by molar-refractivity contribution is 1.10. The molecule has 162 valence electrons. The lowest BCUT2D eigenvalue weighted by atomic mass is 10.1. The Morgan fingerprint density at radius 3 is 1.17 bits per heavy atom. The second-order valence-electron chi connectivity index (χ2n) is 7.96. The van der Waals surface area contributed by atoms with E-state index in [4.69, 9.17) is 5.73 Å². The molecule has 0 unspecified atom stereocenters. The van der Waals surface area contributed by atoms with E-state index >= 15 is 0 Å². The third-order valence-electron chi connectivity index (χ3n) is 5.16. The first-order chi connectivity index (χ1) is 14.1. The largest absolute Gasteiger partial charge is 0.398 e. The van der Waals surface area contributed by atoms with Crippen LogP contribution in [0.2, 0.25) is 0 Å². The van der Waals surface area contributed by atoms with Gasteiger partial charge in [-0.2, -0.15) is 0 Å². The molecule has 0 spiro atoms. The molecule has 0 aliphatic heterocycles. The second-order valence-corrected chi connectivity index (χ2v) is 7.96. The summed E-state index contributed by atoms with van der Waals surface area (Å²) < 4.78 is 0. The molecule has 3 rings (SSSR count). The Hall–Kier alpha value is -2.94. The van der Waals surface area contributed by atoms with E-state index < -0.39 is 0 Å². The number of para-hydroxylation sites is 3. The van der Waals surface area contributed by atoms with Crippen LogP contribution in [0.1, 0.15) is 33.4 Å². The van der Waals surface area contributed by atoms with Crippen LogP contribution in [0.3, 0.4) is 0 Å². The summed E-state index contributed by atoms with van der Waals surface area (Å²) in [5, 5.41) is 3.16. The van der Waals surface area contributed by atoms with Gasteiger partial charge in [0.05, 0.1) is 0 Å². The van der Waals surface area contributed by atoms with Gasteiger partial charge in [0.25, 0.3) is 0 Å². The summed E-state index contributed by atoms with van der Waals surface area (Å²) in [6.07, 6.45) is 0. The Kier molecular flexibility index (Phi) is 9.97. The Balaban J connectivity index is 0.000000226. The van der Waals surface area contributed by atoms with Gasteiger partial charge in [0.2, 0.25) is 0 Å². The predicted octanol–water partition coefficient (Wildman–Crippen LogP) is 6.60. The molecular weight excluding hydrogens is 366 g/mol. The summed E-state index contributed by atoms with van der Waals surface area (Å²) in [4.78, 5) is 2.16. The van der Waals surface area contributed by atoms with Crippen LogP contribution < -0.4 is 16.0 Å². The topological polar surface area (TPSA) is 41.3 Å². The number of nitrogens with zero attached hydrogens (tertiary/aromatic N) is 1. The molecule has 3 heteroatoms. The molecule has 3 N–H and O–H groups in total. The van der Waals surface area contributed by atoms with Gasteiger partial charge in [-0.05, 0) is 74.9 Å². The van der Waals surface area contributed by atoms with Crippen molar-refractivity contribution in [1.82, 2.24) is 0 Å². The number of nitrogens with two attached hydrogens (primary N) is 1. The van der Waals surface area contributed by atoms with E-state index in [1.54, 1.807) is 0 Å². The maximum atomic E-state index is 5.68. The van der Waals surface area contributed by atoms with Crippen LogP contribution >= 0.6 is 0 Å². The van der Waals surface area contributed by atoms with Crippen molar-refractivity contribution in [2.45, 2.75) is 41.5 Å². The zero-order valence-corrected chi connectivity index (χ0v) is 20.2. The molecule has 0 amide bonds. The Morgan fingerprint density at radius 2 is 0.933 bits per heavy atom. The SMILES string of the molecule is CNc1c(C)cccc1C.Cc1cccc(C)c1N.Cc1cccc(C)c1N(C)C. The highest BCUT2D eigenvalue weighted by Crippen LogP contribution is 2.21. The number of hydrogen-bond acceptors (Lipinski definition) is 3. The average Bonchev–Trinajstić information content (AvgIpc) is 2.67. The van der Waals surface area contributed by atoms with E-state index in [-0.39, 0.29) is 0 Å². The molecule has 30 heavy (non-hydrogen) atoms. The van der Waals surface area contributed by atoms with Crippen molar-refractivity contribution in [3.8, 4) is 0 Å². The lowest BCUT2D eigenvalue weighted by Gasteiger charge is -2.17. The number of anilines is 3. The summed E-state index contributed by atoms with van der Waals surface area (Å²) in [7, 11) is 6.11. The van der Waals surface area contributed by atoms with Crippen LogP contribution in [0.5, 0.6) is 0 Å². The molecule has 3 aromatic rings. The number of benzene rings is 3. The molecular formula is C27H39N3. The molecule has 3 aromatic carbocycles. The zero-order chi connectivity index (χ0) is 22.8. The van der Waals surface area contributed by atoms with Crippen molar-refractivity contribution in [3.05, 3.63) is 88.0 Å². The highest BCUT2D eigenvalue weighted by molar-refractivity contribution is 5.58. The van der Waals surface area contributed by atoms with Crippen LogP contribution in [0.25, 0.3) is 0 Å². The van der Waals surface area contributed by atoms with Crippen LogP contribution in [-0.2, 0) is 0 Å². The normalized spacial score (nSPS) is 9.63. The van der Waals surface area contributed by atoms with Crippen molar-refractivity contribution in [1.29, 1.82) is 0 Å². The van der Waals surface area contributed by atoms with Gasteiger partial charge in [-0.1, -0.05) is 54.6 Å². The van der Waals surface area contributed by atoms with Gasteiger partial charge in [-0.15, -0.1) is 0 Å². The third-order valence-corrected chi connectivity index (χ3v) is 5.16. The Labute approximate surface area is 183 Å². The molecule has 0 fully saturated rings. The summed E-state index contributed by atoms with van der Waals surface area (Å²) in [6, 6.07) is 18.7. The molecule has 0 heterocycles. The quantitative estimate of drug-likeness (QED) is 0.472. The monoisotopic (exact) mass is 405 g/mol.